The zero-order valence-corrected chi connectivity index (χ0v) is 17.7. The summed E-state index contributed by atoms with van der Waals surface area (Å²) in [6.45, 7) is 1.17. The van der Waals surface area contributed by atoms with Crippen LogP contribution in [-0.2, 0) is 19.7 Å². The van der Waals surface area contributed by atoms with Crippen LogP contribution < -0.4 is 10.3 Å². The molecule has 0 N–H and O–H groups in total. The van der Waals surface area contributed by atoms with Crippen LogP contribution in [0.5, 0.6) is 5.75 Å². The van der Waals surface area contributed by atoms with Gasteiger partial charge in [-0.3, -0.25) is 4.79 Å². The van der Waals surface area contributed by atoms with Crippen LogP contribution in [0.15, 0.2) is 64.0 Å². The molecule has 0 fully saturated rings. The quantitative estimate of drug-likeness (QED) is 0.515. The number of hydrogen-bond donors (Lipinski definition) is 0. The fourth-order valence-corrected chi connectivity index (χ4v) is 3.35. The Labute approximate surface area is 176 Å². The summed E-state index contributed by atoms with van der Waals surface area (Å²) >= 11 is 3.27. The molecule has 3 rings (SSSR count). The van der Waals surface area contributed by atoms with Crippen molar-refractivity contribution in [3.8, 4) is 5.75 Å². The van der Waals surface area contributed by atoms with Gasteiger partial charge in [0.25, 0.3) is 5.56 Å². The predicted molar refractivity (Wildman–Crippen MR) is 112 cm³/mol. The predicted octanol–water partition coefficient (Wildman–Crippen LogP) is 4.58. The number of ether oxygens (including phenoxy) is 1. The Hall–Kier alpha value is -2.51. The fraction of sp³-hybridized carbons (Fsp3) is 0.227. The third kappa shape index (κ3) is 5.52. The van der Waals surface area contributed by atoms with E-state index in [4.69, 9.17) is 4.74 Å². The molecule has 2 aromatic carbocycles. The molecule has 1 heterocycles. The first-order chi connectivity index (χ1) is 13.8. The van der Waals surface area contributed by atoms with E-state index in [-0.39, 0.29) is 22.2 Å². The Morgan fingerprint density at radius 1 is 1.03 bits per heavy atom. The molecule has 0 bridgehead atoms. The molecule has 152 valence electrons. The van der Waals surface area contributed by atoms with Crippen LogP contribution in [0.4, 0.5) is 8.78 Å². The first kappa shape index (κ1) is 21.2. The minimum absolute atomic E-state index is 0.110. The normalized spacial score (nSPS) is 11.1. The van der Waals surface area contributed by atoms with Gasteiger partial charge in [-0.25, -0.2) is 8.78 Å². The van der Waals surface area contributed by atoms with Gasteiger partial charge in [-0.2, -0.15) is 0 Å². The van der Waals surface area contributed by atoms with E-state index >= 15 is 0 Å². The van der Waals surface area contributed by atoms with E-state index in [9.17, 15) is 13.6 Å². The van der Waals surface area contributed by atoms with Gasteiger partial charge in [-0.15, -0.1) is 0 Å². The Bertz CT molecular complexity index is 1050. The van der Waals surface area contributed by atoms with Crippen LogP contribution in [0.3, 0.4) is 0 Å². The van der Waals surface area contributed by atoms with Crippen LogP contribution in [0, 0.1) is 11.6 Å². The molecule has 0 unspecified atom stereocenters. The lowest BCUT2D eigenvalue weighted by Crippen LogP contribution is -2.21. The summed E-state index contributed by atoms with van der Waals surface area (Å²) in [5, 5.41) is 0. The van der Waals surface area contributed by atoms with Gasteiger partial charge in [0, 0.05) is 24.4 Å². The lowest BCUT2D eigenvalue weighted by Gasteiger charge is -2.13. The van der Waals surface area contributed by atoms with Crippen molar-refractivity contribution in [1.29, 1.82) is 0 Å². The number of hydrogen-bond acceptors (Lipinski definition) is 3. The summed E-state index contributed by atoms with van der Waals surface area (Å²) in [5.41, 5.74) is 2.16. The van der Waals surface area contributed by atoms with E-state index in [0.717, 1.165) is 18.2 Å². The molecular formula is C22H21BrF2N2O2. The molecule has 0 amide bonds. The smallest absolute Gasteiger partial charge is 0.268 e. The molecule has 1 aromatic heterocycles. The van der Waals surface area contributed by atoms with Gasteiger partial charge in [0.1, 0.15) is 28.5 Å². The van der Waals surface area contributed by atoms with Crippen molar-refractivity contribution in [2.45, 2.75) is 19.7 Å². The average molecular weight is 463 g/mol. The van der Waals surface area contributed by atoms with E-state index < -0.39 is 11.6 Å². The van der Waals surface area contributed by atoms with Gasteiger partial charge in [0.05, 0.1) is 6.54 Å². The Morgan fingerprint density at radius 3 is 2.38 bits per heavy atom. The summed E-state index contributed by atoms with van der Waals surface area (Å²) in [7, 11) is 4.03. The maximum atomic E-state index is 13.7. The topological polar surface area (TPSA) is 34.5 Å². The van der Waals surface area contributed by atoms with Gasteiger partial charge in [0.15, 0.2) is 0 Å². The molecule has 0 aliphatic heterocycles. The number of nitrogens with zero attached hydrogens (tertiary/aromatic N) is 2. The average Bonchev–Trinajstić information content (AvgIpc) is 2.67. The van der Waals surface area contributed by atoms with E-state index in [1.165, 1.54) is 17.7 Å². The Kier molecular flexibility index (Phi) is 6.82. The first-order valence-corrected chi connectivity index (χ1v) is 9.81. The van der Waals surface area contributed by atoms with Gasteiger partial charge in [-0.1, -0.05) is 24.3 Å². The third-order valence-electron chi connectivity index (χ3n) is 4.34. The molecule has 0 saturated carbocycles. The molecule has 4 nitrogen and oxygen atoms in total. The van der Waals surface area contributed by atoms with Crippen molar-refractivity contribution in [3.05, 3.63) is 97.9 Å². The van der Waals surface area contributed by atoms with Crippen LogP contribution in [0.25, 0.3) is 0 Å². The van der Waals surface area contributed by atoms with Crippen molar-refractivity contribution in [3.63, 3.8) is 0 Å². The SMILES string of the molecule is CN(C)Cc1ccc(Cn2ccc(OCc3ccc(F)cc3F)c(Br)c2=O)cc1. The van der Waals surface area contributed by atoms with Crippen LogP contribution >= 0.6 is 15.9 Å². The summed E-state index contributed by atoms with van der Waals surface area (Å²) in [4.78, 5) is 14.7. The molecule has 7 heteroatoms. The summed E-state index contributed by atoms with van der Waals surface area (Å²) in [5.74, 6) is -1.03. The highest BCUT2D eigenvalue weighted by Crippen LogP contribution is 2.22. The second-order valence-electron chi connectivity index (χ2n) is 7.01. The standard InChI is InChI=1S/C22H21BrF2N2O2/c1-26(2)12-15-3-5-16(6-4-15)13-27-10-9-20(21(23)22(27)28)29-14-17-7-8-18(24)11-19(17)25/h3-11H,12-14H2,1-2H3. The Balaban J connectivity index is 1.71. The summed E-state index contributed by atoms with van der Waals surface area (Å²) in [6.07, 6.45) is 1.64. The molecule has 0 saturated heterocycles. The minimum atomic E-state index is -0.688. The molecule has 0 aliphatic rings. The van der Waals surface area contributed by atoms with Gasteiger partial charge in [0.2, 0.25) is 0 Å². The van der Waals surface area contributed by atoms with E-state index in [2.05, 4.69) is 20.8 Å². The van der Waals surface area contributed by atoms with Crippen molar-refractivity contribution >= 4 is 15.9 Å². The van der Waals surface area contributed by atoms with Gasteiger partial charge >= 0.3 is 0 Å². The molecule has 0 radical (unpaired) electrons. The lowest BCUT2D eigenvalue weighted by atomic mass is 10.1. The van der Waals surface area contributed by atoms with E-state index in [1.807, 2.05) is 38.4 Å². The van der Waals surface area contributed by atoms with E-state index in [0.29, 0.717) is 12.3 Å². The highest BCUT2D eigenvalue weighted by molar-refractivity contribution is 9.10. The minimum Gasteiger partial charge on any atom is -0.487 e. The van der Waals surface area contributed by atoms with Crippen LogP contribution in [0.1, 0.15) is 16.7 Å². The Morgan fingerprint density at radius 2 is 1.72 bits per heavy atom. The maximum absolute atomic E-state index is 13.7. The van der Waals surface area contributed by atoms with Crippen LogP contribution in [-0.4, -0.2) is 23.6 Å². The second-order valence-corrected chi connectivity index (χ2v) is 7.80. The van der Waals surface area contributed by atoms with Gasteiger partial charge in [-0.05, 0) is 59.4 Å². The molecule has 0 spiro atoms. The van der Waals surface area contributed by atoms with Crippen molar-refractivity contribution in [1.82, 2.24) is 9.47 Å². The van der Waals surface area contributed by atoms with Gasteiger partial charge < -0.3 is 14.2 Å². The highest BCUT2D eigenvalue weighted by Gasteiger charge is 2.11. The molecule has 29 heavy (non-hydrogen) atoms. The highest BCUT2D eigenvalue weighted by atomic mass is 79.9. The zero-order chi connectivity index (χ0) is 21.0. The maximum Gasteiger partial charge on any atom is 0.268 e. The molecule has 0 atom stereocenters. The third-order valence-corrected chi connectivity index (χ3v) is 5.07. The largest absolute Gasteiger partial charge is 0.487 e. The molecule has 3 aromatic rings. The number of aromatic nitrogens is 1. The monoisotopic (exact) mass is 462 g/mol. The number of benzene rings is 2. The van der Waals surface area contributed by atoms with Crippen molar-refractivity contribution in [2.24, 2.45) is 0 Å². The lowest BCUT2D eigenvalue weighted by molar-refractivity contribution is 0.296. The van der Waals surface area contributed by atoms with Crippen molar-refractivity contribution < 1.29 is 13.5 Å². The number of rotatable bonds is 7. The number of halogens is 3. The molecular weight excluding hydrogens is 442 g/mol. The number of pyridine rings is 1. The molecule has 0 aliphatic carbocycles. The van der Waals surface area contributed by atoms with E-state index in [1.54, 1.807) is 16.8 Å². The van der Waals surface area contributed by atoms with Crippen LogP contribution in [0.2, 0.25) is 0 Å². The fourth-order valence-electron chi connectivity index (χ4n) is 2.87. The first-order valence-electron chi connectivity index (χ1n) is 9.01. The van der Waals surface area contributed by atoms with Crippen molar-refractivity contribution in [2.75, 3.05) is 14.1 Å². The summed E-state index contributed by atoms with van der Waals surface area (Å²) < 4.78 is 34.1. The second kappa shape index (κ2) is 9.33. The zero-order valence-electron chi connectivity index (χ0n) is 16.2. The summed E-state index contributed by atoms with van der Waals surface area (Å²) in [6, 6.07) is 13.0.